The van der Waals surface area contributed by atoms with Gasteiger partial charge in [-0.25, -0.2) is 0 Å². The topological polar surface area (TPSA) is 104 Å². The summed E-state index contributed by atoms with van der Waals surface area (Å²) in [6.45, 7) is 0.819. The van der Waals surface area contributed by atoms with Gasteiger partial charge in [-0.3, -0.25) is 19.1 Å². The highest BCUT2D eigenvalue weighted by atomic mass is 35.5. The van der Waals surface area contributed by atoms with E-state index < -0.39 is 10.2 Å². The van der Waals surface area contributed by atoms with Gasteiger partial charge in [0, 0.05) is 53.9 Å². The Morgan fingerprint density at radius 3 is 2.65 bits per heavy atom. The number of hydrogen-bond donors (Lipinski definition) is 2. The number of hydrogen-bond acceptors (Lipinski definition) is 5. The van der Waals surface area contributed by atoms with Gasteiger partial charge in [-0.15, -0.1) is 0 Å². The van der Waals surface area contributed by atoms with Crippen LogP contribution in [0.4, 0.5) is 11.4 Å². The number of nitrogens with zero attached hydrogens (tertiary/aromatic N) is 3. The molecule has 2 N–H and O–H groups in total. The highest BCUT2D eigenvalue weighted by Crippen LogP contribution is 2.33. The first-order valence-corrected chi connectivity index (χ1v) is 12.4. The van der Waals surface area contributed by atoms with Crippen molar-refractivity contribution in [2.24, 2.45) is 0 Å². The van der Waals surface area contributed by atoms with Crippen LogP contribution in [0, 0.1) is 0 Å². The molecule has 1 aliphatic heterocycles. The minimum atomic E-state index is -3.55. The zero-order valence-corrected chi connectivity index (χ0v) is 19.5. The molecule has 0 unspecified atom stereocenters. The van der Waals surface area contributed by atoms with E-state index >= 15 is 0 Å². The van der Waals surface area contributed by atoms with E-state index in [-0.39, 0.29) is 5.91 Å². The molecule has 2 aromatic carbocycles. The van der Waals surface area contributed by atoms with Gasteiger partial charge >= 0.3 is 10.2 Å². The summed E-state index contributed by atoms with van der Waals surface area (Å²) in [5.74, 6) is -0.327. The number of fused-ring (bicyclic) bond motifs is 1. The summed E-state index contributed by atoms with van der Waals surface area (Å²) in [4.78, 5) is 21.5. The number of amides is 1. The van der Waals surface area contributed by atoms with E-state index in [0.717, 1.165) is 10.8 Å². The molecule has 1 amide bonds. The largest absolute Gasteiger partial charge is 0.322 e. The quantitative estimate of drug-likeness (QED) is 0.442. The van der Waals surface area contributed by atoms with Crippen molar-refractivity contribution in [3.05, 3.63) is 83.8 Å². The van der Waals surface area contributed by atoms with Crippen LogP contribution in [0.1, 0.15) is 16.8 Å². The fourth-order valence-electron chi connectivity index (χ4n) is 3.88. The van der Waals surface area contributed by atoms with Crippen LogP contribution in [0.3, 0.4) is 0 Å². The predicted molar refractivity (Wildman–Crippen MR) is 133 cm³/mol. The molecule has 8 nitrogen and oxygen atoms in total. The molecule has 3 heterocycles. The fourth-order valence-corrected chi connectivity index (χ4v) is 5.42. The number of aromatic nitrogens is 2. The molecule has 10 heteroatoms. The van der Waals surface area contributed by atoms with E-state index in [1.165, 1.54) is 4.31 Å². The summed E-state index contributed by atoms with van der Waals surface area (Å²) >= 11 is 6.47. The Hall–Kier alpha value is -3.53. The van der Waals surface area contributed by atoms with Crippen molar-refractivity contribution < 1.29 is 13.2 Å². The van der Waals surface area contributed by atoms with Gasteiger partial charge in [0.25, 0.3) is 5.91 Å². The molecule has 0 atom stereocenters. The number of carbonyl (C=O) groups is 1. The van der Waals surface area contributed by atoms with Crippen LogP contribution in [-0.4, -0.2) is 37.4 Å². The maximum absolute atomic E-state index is 12.9. The lowest BCUT2D eigenvalue weighted by molar-refractivity contribution is 0.102. The van der Waals surface area contributed by atoms with Crippen molar-refractivity contribution in [1.82, 2.24) is 14.7 Å². The van der Waals surface area contributed by atoms with Crippen LogP contribution in [0.15, 0.2) is 73.2 Å². The smallest absolute Gasteiger partial charge is 0.301 e. The molecule has 4 aromatic rings. The molecule has 0 aliphatic carbocycles. The minimum Gasteiger partial charge on any atom is -0.322 e. The third-order valence-electron chi connectivity index (χ3n) is 5.58. The van der Waals surface area contributed by atoms with Crippen LogP contribution < -0.4 is 14.3 Å². The number of benzene rings is 2. The molecule has 0 spiro atoms. The Morgan fingerprint density at radius 1 is 1.06 bits per heavy atom. The first-order chi connectivity index (χ1) is 16.4. The second kappa shape index (κ2) is 9.02. The molecule has 2 aromatic heterocycles. The molecule has 172 valence electrons. The van der Waals surface area contributed by atoms with Gasteiger partial charge in [0.2, 0.25) is 0 Å². The van der Waals surface area contributed by atoms with Crippen molar-refractivity contribution in [3.8, 4) is 11.3 Å². The monoisotopic (exact) mass is 493 g/mol. The van der Waals surface area contributed by atoms with Crippen LogP contribution in [-0.2, 0) is 10.2 Å². The molecule has 1 fully saturated rings. The Labute approximate surface area is 201 Å². The molecular weight excluding hydrogens is 474 g/mol. The third kappa shape index (κ3) is 4.33. The van der Waals surface area contributed by atoms with Gasteiger partial charge in [0.05, 0.1) is 16.4 Å². The first kappa shape index (κ1) is 22.3. The highest BCUT2D eigenvalue weighted by Gasteiger charge is 2.25. The van der Waals surface area contributed by atoms with Crippen molar-refractivity contribution in [1.29, 1.82) is 0 Å². The van der Waals surface area contributed by atoms with Crippen molar-refractivity contribution in [2.75, 3.05) is 22.7 Å². The van der Waals surface area contributed by atoms with Gasteiger partial charge < -0.3 is 5.32 Å². The van der Waals surface area contributed by atoms with E-state index in [4.69, 9.17) is 11.6 Å². The van der Waals surface area contributed by atoms with Crippen LogP contribution >= 0.6 is 11.6 Å². The summed E-state index contributed by atoms with van der Waals surface area (Å²) < 4.78 is 28.2. The summed E-state index contributed by atoms with van der Waals surface area (Å²) in [7, 11) is -3.55. The Kier molecular flexibility index (Phi) is 5.91. The van der Waals surface area contributed by atoms with Crippen LogP contribution in [0.25, 0.3) is 22.0 Å². The summed E-state index contributed by atoms with van der Waals surface area (Å²) in [6.07, 6.45) is 5.87. The van der Waals surface area contributed by atoms with E-state index in [1.54, 1.807) is 61.1 Å². The zero-order valence-electron chi connectivity index (χ0n) is 17.9. The van der Waals surface area contributed by atoms with Gasteiger partial charge in [-0.1, -0.05) is 11.6 Å². The number of rotatable bonds is 4. The first-order valence-electron chi connectivity index (χ1n) is 10.6. The summed E-state index contributed by atoms with van der Waals surface area (Å²) in [5, 5.41) is 5.21. The molecule has 0 radical (unpaired) electrons. The van der Waals surface area contributed by atoms with E-state index in [9.17, 15) is 13.2 Å². The SMILES string of the molecule is O=C(Nc1ccc(Cl)c(-c2nccc3ccncc23)c1)c1ccc(N2CCCNS2(=O)=O)cc1. The normalized spacial score (nSPS) is 15.3. The second-order valence-corrected chi connectivity index (χ2v) is 9.86. The number of nitrogens with one attached hydrogen (secondary N) is 2. The molecule has 34 heavy (non-hydrogen) atoms. The number of pyridine rings is 2. The Bertz CT molecular complexity index is 1490. The van der Waals surface area contributed by atoms with Crippen LogP contribution in [0.5, 0.6) is 0 Å². The Balaban J connectivity index is 1.39. The van der Waals surface area contributed by atoms with Gasteiger partial charge in [-0.05, 0) is 66.4 Å². The fraction of sp³-hybridized carbons (Fsp3) is 0.125. The molecule has 5 rings (SSSR count). The van der Waals surface area contributed by atoms with Gasteiger partial charge in [0.15, 0.2) is 0 Å². The predicted octanol–water partition coefficient (Wildman–Crippen LogP) is 4.25. The van der Waals surface area contributed by atoms with Crippen molar-refractivity contribution in [2.45, 2.75) is 6.42 Å². The number of anilines is 2. The highest BCUT2D eigenvalue weighted by molar-refractivity contribution is 7.90. The summed E-state index contributed by atoms with van der Waals surface area (Å²) in [5.41, 5.74) is 2.81. The Morgan fingerprint density at radius 2 is 1.85 bits per heavy atom. The maximum Gasteiger partial charge on any atom is 0.301 e. The molecule has 1 aliphatic rings. The standard InChI is InChI=1S/C24H20ClN5O3S/c25-22-7-4-18(14-20(22)23-21-15-26-11-8-16(21)9-12-27-23)29-24(31)17-2-5-19(6-3-17)30-13-1-10-28-34(30,32)33/h2-9,11-12,14-15,28H,1,10,13H2,(H,29,31). The number of carbonyl (C=O) groups excluding carboxylic acids is 1. The minimum absolute atomic E-state index is 0.327. The van der Waals surface area contributed by atoms with Gasteiger partial charge in [0.1, 0.15) is 0 Å². The van der Waals surface area contributed by atoms with E-state index in [0.29, 0.717) is 52.7 Å². The maximum atomic E-state index is 12.9. The van der Waals surface area contributed by atoms with Crippen molar-refractivity contribution >= 4 is 49.9 Å². The third-order valence-corrected chi connectivity index (χ3v) is 7.45. The molecule has 0 saturated carbocycles. The zero-order chi connectivity index (χ0) is 23.7. The van der Waals surface area contributed by atoms with Gasteiger partial charge in [-0.2, -0.15) is 13.1 Å². The van der Waals surface area contributed by atoms with E-state index in [1.807, 2.05) is 12.1 Å². The lowest BCUT2D eigenvalue weighted by Gasteiger charge is -2.28. The van der Waals surface area contributed by atoms with E-state index in [2.05, 4.69) is 20.0 Å². The second-order valence-electron chi connectivity index (χ2n) is 7.78. The number of halogens is 1. The lowest BCUT2D eigenvalue weighted by Crippen LogP contribution is -2.47. The summed E-state index contributed by atoms with van der Waals surface area (Å²) in [6, 6.07) is 15.4. The van der Waals surface area contributed by atoms with Crippen molar-refractivity contribution in [3.63, 3.8) is 0 Å². The van der Waals surface area contributed by atoms with Crippen LogP contribution in [0.2, 0.25) is 5.02 Å². The molecular formula is C24H20ClN5O3S. The molecule has 1 saturated heterocycles. The average molecular weight is 494 g/mol. The molecule has 0 bridgehead atoms. The average Bonchev–Trinajstić information content (AvgIpc) is 2.85. The lowest BCUT2D eigenvalue weighted by atomic mass is 10.0.